The summed E-state index contributed by atoms with van der Waals surface area (Å²) in [6.45, 7) is 8.98. The van der Waals surface area contributed by atoms with Gasteiger partial charge in [-0.3, -0.25) is 4.57 Å². The fourth-order valence-electron chi connectivity index (χ4n) is 8.12. The molecular weight excluding hydrogens is 792 g/mol. The van der Waals surface area contributed by atoms with Crippen LogP contribution in [0, 0.1) is 0 Å². The normalized spacial score (nSPS) is 11.3. The second-order valence-electron chi connectivity index (χ2n) is 16.1. The van der Waals surface area contributed by atoms with E-state index in [4.69, 9.17) is 18.6 Å². The van der Waals surface area contributed by atoms with Crippen LogP contribution in [0.5, 0.6) is 17.2 Å². The van der Waals surface area contributed by atoms with E-state index in [1.807, 2.05) is 97.2 Å². The molecule has 0 spiro atoms. The topological polar surface area (TPSA) is 45.5 Å². The van der Waals surface area contributed by atoms with Gasteiger partial charge < -0.3 is 13.6 Å². The first kappa shape index (κ1) is 41.2. The van der Waals surface area contributed by atoms with Crippen molar-refractivity contribution in [2.45, 2.75) is 39.5 Å². The second-order valence-corrected chi connectivity index (χ2v) is 17.1. The molecule has 0 aliphatic heterocycles. The Hall–Kier alpha value is -7.20. The van der Waals surface area contributed by atoms with Crippen LogP contribution in [0.15, 0.2) is 213 Å². The highest BCUT2D eigenvalue weighted by molar-refractivity contribution is 7.43. The molecule has 0 fully saturated rings. The number of imidazole rings is 1. The van der Waals surface area contributed by atoms with Gasteiger partial charge in [-0.25, -0.2) is 4.98 Å². The molecule has 0 radical (unpaired) electrons. The zero-order chi connectivity index (χ0) is 43.1. The minimum Gasteiger partial charge on any atom is -0.408 e. The van der Waals surface area contributed by atoms with E-state index < -0.39 is 8.60 Å². The smallest absolute Gasteiger partial charge is 0.408 e. The van der Waals surface area contributed by atoms with E-state index in [1.54, 1.807) is 0 Å². The van der Waals surface area contributed by atoms with Crippen LogP contribution in [0.3, 0.4) is 0 Å². The SMILES string of the molecule is CC(C)c1cccc(C(C)C)c1-n1ccnc1-c1cccc(OP(Oc2c(-c3ccccc3)cccc2-c2ccccc2)Oc2c(-c3ccccc3)cccc2-c2ccccc2)c1. The molecule has 0 aliphatic rings. The molecule has 63 heavy (non-hydrogen) atoms. The van der Waals surface area contributed by atoms with Crippen molar-refractivity contribution < 1.29 is 13.6 Å². The predicted molar refractivity (Wildman–Crippen MR) is 261 cm³/mol. The van der Waals surface area contributed by atoms with Gasteiger partial charge in [-0.05, 0) is 57.3 Å². The Balaban J connectivity index is 1.20. The van der Waals surface area contributed by atoms with E-state index in [2.05, 4.69) is 148 Å². The summed E-state index contributed by atoms with van der Waals surface area (Å²) in [7, 11) is -2.19. The number of rotatable bonds is 14. The molecule has 1 heterocycles. The minimum atomic E-state index is -2.19. The zero-order valence-electron chi connectivity index (χ0n) is 35.9. The van der Waals surface area contributed by atoms with E-state index in [9.17, 15) is 0 Å². The first-order valence-electron chi connectivity index (χ1n) is 21.5. The van der Waals surface area contributed by atoms with E-state index in [0.717, 1.165) is 55.9 Å². The maximum atomic E-state index is 7.28. The predicted octanol–water partition coefficient (Wildman–Crippen LogP) is 16.2. The van der Waals surface area contributed by atoms with E-state index in [-0.39, 0.29) is 0 Å². The molecule has 9 aromatic rings. The van der Waals surface area contributed by atoms with Crippen LogP contribution in [-0.4, -0.2) is 9.55 Å². The fourth-order valence-corrected chi connectivity index (χ4v) is 9.21. The van der Waals surface area contributed by atoms with Crippen molar-refractivity contribution in [3.05, 3.63) is 224 Å². The molecule has 0 bridgehead atoms. The van der Waals surface area contributed by atoms with Crippen LogP contribution in [0.1, 0.15) is 50.7 Å². The number of hydrogen-bond donors (Lipinski definition) is 0. The summed E-state index contributed by atoms with van der Waals surface area (Å²) in [6, 6.07) is 68.6. The molecule has 310 valence electrons. The Kier molecular flexibility index (Phi) is 12.3. The van der Waals surface area contributed by atoms with Crippen LogP contribution < -0.4 is 13.6 Å². The van der Waals surface area contributed by atoms with Gasteiger partial charge in [0, 0.05) is 40.2 Å². The van der Waals surface area contributed by atoms with Crippen LogP contribution >= 0.6 is 8.60 Å². The summed E-state index contributed by atoms with van der Waals surface area (Å²) in [4.78, 5) is 4.95. The number of benzene rings is 8. The Labute approximate surface area is 372 Å². The Morgan fingerprint density at radius 2 is 0.794 bits per heavy atom. The van der Waals surface area contributed by atoms with Crippen molar-refractivity contribution in [3.8, 4) is 78.8 Å². The van der Waals surface area contributed by atoms with Crippen molar-refractivity contribution >= 4 is 8.60 Å². The summed E-state index contributed by atoms with van der Waals surface area (Å²) < 4.78 is 23.9. The Morgan fingerprint density at radius 3 is 1.21 bits per heavy atom. The van der Waals surface area contributed by atoms with Gasteiger partial charge in [0.15, 0.2) is 0 Å². The van der Waals surface area contributed by atoms with Crippen molar-refractivity contribution in [3.63, 3.8) is 0 Å². The van der Waals surface area contributed by atoms with Crippen LogP contribution in [-0.2, 0) is 0 Å². The third kappa shape index (κ3) is 8.93. The first-order chi connectivity index (χ1) is 30.9. The van der Waals surface area contributed by atoms with E-state index >= 15 is 0 Å². The molecule has 0 amide bonds. The average molecular weight is 841 g/mol. The Bertz CT molecular complexity index is 2660. The highest BCUT2D eigenvalue weighted by Crippen LogP contribution is 2.52. The average Bonchev–Trinajstić information content (AvgIpc) is 3.83. The van der Waals surface area contributed by atoms with Gasteiger partial charge in [-0.2, -0.15) is 0 Å². The van der Waals surface area contributed by atoms with Crippen LogP contribution in [0.2, 0.25) is 0 Å². The fraction of sp³-hybridized carbons (Fsp3) is 0.105. The summed E-state index contributed by atoms with van der Waals surface area (Å²) in [5, 5.41) is 0. The van der Waals surface area contributed by atoms with Gasteiger partial charge in [-0.1, -0.05) is 216 Å². The van der Waals surface area contributed by atoms with Crippen molar-refractivity contribution in [1.82, 2.24) is 9.55 Å². The number of nitrogens with zero attached hydrogens (tertiary/aromatic N) is 2. The van der Waals surface area contributed by atoms with Gasteiger partial charge in [0.1, 0.15) is 23.1 Å². The number of para-hydroxylation sites is 3. The molecule has 5 nitrogen and oxygen atoms in total. The summed E-state index contributed by atoms with van der Waals surface area (Å²) in [6.07, 6.45) is 3.94. The molecule has 0 unspecified atom stereocenters. The van der Waals surface area contributed by atoms with Crippen molar-refractivity contribution in [2.24, 2.45) is 0 Å². The van der Waals surface area contributed by atoms with Gasteiger partial charge in [0.25, 0.3) is 0 Å². The highest BCUT2D eigenvalue weighted by atomic mass is 31.2. The van der Waals surface area contributed by atoms with E-state index in [0.29, 0.717) is 29.1 Å². The van der Waals surface area contributed by atoms with Gasteiger partial charge in [0.05, 0.1) is 5.69 Å². The molecule has 9 rings (SSSR count). The van der Waals surface area contributed by atoms with Gasteiger partial charge in [-0.15, -0.1) is 0 Å². The third-order valence-corrected chi connectivity index (χ3v) is 12.2. The second kappa shape index (κ2) is 18.8. The third-order valence-electron chi connectivity index (χ3n) is 11.2. The largest absolute Gasteiger partial charge is 0.530 e. The number of hydrogen-bond acceptors (Lipinski definition) is 4. The standard InChI is InChI=1S/C57H49N2O3P/c1-40(2)48-31-18-32-49(41(3)4)54(48)59-38-37-58-57(59)46-29-17-30-47(39-46)60-63(61-55-50(42-21-9-5-10-22-42)33-19-34-51(55)43-23-11-6-12-24-43)62-56-52(44-25-13-7-14-26-44)35-20-36-53(56)45-27-15-8-16-28-45/h5-41H,1-4H3. The maximum absolute atomic E-state index is 7.28. The summed E-state index contributed by atoms with van der Waals surface area (Å²) in [5.41, 5.74) is 12.4. The van der Waals surface area contributed by atoms with Crippen LogP contribution in [0.25, 0.3) is 61.6 Å². The molecule has 0 saturated heterocycles. The lowest BCUT2D eigenvalue weighted by Gasteiger charge is -2.24. The van der Waals surface area contributed by atoms with Crippen molar-refractivity contribution in [1.29, 1.82) is 0 Å². The molecule has 0 N–H and O–H groups in total. The van der Waals surface area contributed by atoms with Crippen LogP contribution in [0.4, 0.5) is 0 Å². The number of aromatic nitrogens is 2. The molecular formula is C57H49N2O3P. The lowest BCUT2D eigenvalue weighted by Crippen LogP contribution is -2.08. The highest BCUT2D eigenvalue weighted by Gasteiger charge is 2.28. The van der Waals surface area contributed by atoms with Crippen molar-refractivity contribution in [2.75, 3.05) is 0 Å². The van der Waals surface area contributed by atoms with Gasteiger partial charge in [0.2, 0.25) is 0 Å². The minimum absolute atomic E-state index is 0.320. The quantitative estimate of drug-likeness (QED) is 0.102. The lowest BCUT2D eigenvalue weighted by molar-refractivity contribution is 0.390. The maximum Gasteiger partial charge on any atom is 0.530 e. The zero-order valence-corrected chi connectivity index (χ0v) is 36.8. The summed E-state index contributed by atoms with van der Waals surface area (Å²) >= 11 is 0. The molecule has 6 heteroatoms. The lowest BCUT2D eigenvalue weighted by atomic mass is 9.92. The molecule has 8 aromatic carbocycles. The summed E-state index contributed by atoms with van der Waals surface area (Å²) in [5.74, 6) is 3.38. The van der Waals surface area contributed by atoms with E-state index in [1.165, 1.54) is 16.8 Å². The Morgan fingerprint density at radius 1 is 0.413 bits per heavy atom. The monoisotopic (exact) mass is 840 g/mol. The molecule has 0 saturated carbocycles. The molecule has 0 aliphatic carbocycles. The molecule has 0 atom stereocenters. The van der Waals surface area contributed by atoms with Gasteiger partial charge >= 0.3 is 8.60 Å². The first-order valence-corrected chi connectivity index (χ1v) is 22.6. The molecule has 1 aromatic heterocycles.